The molecule has 0 unspecified atom stereocenters. The van der Waals surface area contributed by atoms with E-state index in [4.69, 9.17) is 5.26 Å². The Balaban J connectivity index is 2.43. The minimum absolute atomic E-state index is 0.348. The van der Waals surface area contributed by atoms with Crippen molar-refractivity contribution in [2.75, 3.05) is 0 Å². The van der Waals surface area contributed by atoms with Crippen LogP contribution < -0.4 is 0 Å². The minimum Gasteiger partial charge on any atom is -0.198 e. The van der Waals surface area contributed by atoms with Crippen molar-refractivity contribution in [3.8, 4) is 6.07 Å². The second-order valence-electron chi connectivity index (χ2n) is 4.33. The van der Waals surface area contributed by atoms with Crippen molar-refractivity contribution in [1.82, 2.24) is 0 Å². The van der Waals surface area contributed by atoms with E-state index >= 15 is 0 Å². The van der Waals surface area contributed by atoms with Crippen LogP contribution in [0.4, 0.5) is 0 Å². The molecule has 1 heteroatoms. The van der Waals surface area contributed by atoms with Gasteiger partial charge in [-0.3, -0.25) is 0 Å². The van der Waals surface area contributed by atoms with Gasteiger partial charge in [-0.05, 0) is 24.2 Å². The van der Waals surface area contributed by atoms with Gasteiger partial charge in [0.15, 0.2) is 0 Å². The molecule has 0 aromatic heterocycles. The van der Waals surface area contributed by atoms with Crippen LogP contribution in [0.3, 0.4) is 0 Å². The van der Waals surface area contributed by atoms with Crippen molar-refractivity contribution < 1.29 is 0 Å². The Labute approximate surface area is 69.4 Å². The van der Waals surface area contributed by atoms with E-state index in [1.54, 1.807) is 0 Å². The molecule has 0 aliphatic heterocycles. The molecule has 0 amide bonds. The first kappa shape index (κ1) is 8.59. The Morgan fingerprint density at radius 2 is 2.00 bits per heavy atom. The van der Waals surface area contributed by atoms with Gasteiger partial charge in [0.05, 0.1) is 6.07 Å². The van der Waals surface area contributed by atoms with Crippen molar-refractivity contribution in [3.05, 3.63) is 0 Å². The third-order valence-corrected chi connectivity index (χ3v) is 2.99. The van der Waals surface area contributed by atoms with E-state index in [1.165, 1.54) is 25.7 Å². The zero-order valence-corrected chi connectivity index (χ0v) is 7.56. The van der Waals surface area contributed by atoms with Crippen molar-refractivity contribution >= 4 is 0 Å². The fraction of sp³-hybridized carbons (Fsp3) is 0.900. The van der Waals surface area contributed by atoms with Gasteiger partial charge in [-0.2, -0.15) is 5.26 Å². The summed E-state index contributed by atoms with van der Waals surface area (Å²) in [6.07, 6.45) is 5.89. The summed E-state index contributed by atoms with van der Waals surface area (Å²) in [5, 5.41) is 8.60. The molecule has 11 heavy (non-hydrogen) atoms. The summed E-state index contributed by atoms with van der Waals surface area (Å²) in [4.78, 5) is 0. The average molecular weight is 151 g/mol. The largest absolute Gasteiger partial charge is 0.198 e. The molecule has 0 bridgehead atoms. The zero-order valence-electron chi connectivity index (χ0n) is 7.56. The third kappa shape index (κ3) is 2.22. The quantitative estimate of drug-likeness (QED) is 0.565. The number of nitrogens with zero attached hydrogens (tertiary/aromatic N) is 1. The normalized spacial score (nSPS) is 38.1. The first-order valence-corrected chi connectivity index (χ1v) is 4.53. The molecule has 0 aromatic rings. The van der Waals surface area contributed by atoms with E-state index < -0.39 is 0 Å². The summed E-state index contributed by atoms with van der Waals surface area (Å²) in [5.74, 6) is 0.891. The standard InChI is InChI=1S/C10H17N/c1-9-3-5-10(2,6-4-9)7-8-11/h9H,3-7H2,1-2H3. The Bertz CT molecular complexity index is 158. The summed E-state index contributed by atoms with van der Waals surface area (Å²) in [6, 6.07) is 2.29. The van der Waals surface area contributed by atoms with Crippen molar-refractivity contribution in [1.29, 1.82) is 5.26 Å². The molecule has 0 atom stereocenters. The highest BCUT2D eigenvalue weighted by atomic mass is 14.4. The smallest absolute Gasteiger partial charge is 0.0627 e. The maximum Gasteiger partial charge on any atom is 0.0627 e. The SMILES string of the molecule is CC1CCC(C)(CC#N)CC1. The first-order valence-electron chi connectivity index (χ1n) is 4.53. The van der Waals surface area contributed by atoms with Gasteiger partial charge >= 0.3 is 0 Å². The van der Waals surface area contributed by atoms with Gasteiger partial charge in [0.1, 0.15) is 0 Å². The van der Waals surface area contributed by atoms with Crippen LogP contribution in [0.25, 0.3) is 0 Å². The lowest BCUT2D eigenvalue weighted by Gasteiger charge is -2.34. The molecular formula is C10H17N. The van der Waals surface area contributed by atoms with E-state index in [0.29, 0.717) is 5.41 Å². The van der Waals surface area contributed by atoms with E-state index in [-0.39, 0.29) is 0 Å². The van der Waals surface area contributed by atoms with Crippen molar-refractivity contribution in [3.63, 3.8) is 0 Å². The predicted octanol–water partition coefficient (Wildman–Crippen LogP) is 3.12. The fourth-order valence-electron chi connectivity index (χ4n) is 1.83. The van der Waals surface area contributed by atoms with E-state index in [1.807, 2.05) is 0 Å². The molecule has 0 aromatic carbocycles. The molecule has 1 rings (SSSR count). The second kappa shape index (κ2) is 3.26. The van der Waals surface area contributed by atoms with Crippen LogP contribution >= 0.6 is 0 Å². The van der Waals surface area contributed by atoms with Crippen LogP contribution in [0.1, 0.15) is 46.0 Å². The molecule has 62 valence electrons. The molecule has 1 aliphatic carbocycles. The summed E-state index contributed by atoms with van der Waals surface area (Å²) in [6.45, 7) is 4.56. The lowest BCUT2D eigenvalue weighted by Crippen LogP contribution is -2.22. The van der Waals surface area contributed by atoms with Crippen molar-refractivity contribution in [2.45, 2.75) is 46.0 Å². The molecule has 0 N–H and O–H groups in total. The molecule has 0 saturated heterocycles. The predicted molar refractivity (Wildman–Crippen MR) is 46.0 cm³/mol. The maximum absolute atomic E-state index is 8.60. The highest BCUT2D eigenvalue weighted by Gasteiger charge is 2.28. The second-order valence-corrected chi connectivity index (χ2v) is 4.33. The van der Waals surface area contributed by atoms with Gasteiger partial charge in [0, 0.05) is 6.42 Å². The van der Waals surface area contributed by atoms with E-state index in [2.05, 4.69) is 19.9 Å². The van der Waals surface area contributed by atoms with Gasteiger partial charge in [-0.1, -0.05) is 26.7 Å². The van der Waals surface area contributed by atoms with Crippen LogP contribution in [0.5, 0.6) is 0 Å². The van der Waals surface area contributed by atoms with Gasteiger partial charge in [0.25, 0.3) is 0 Å². The molecule has 0 heterocycles. The molecule has 1 nitrogen and oxygen atoms in total. The average Bonchev–Trinajstić information content (AvgIpc) is 1.97. The molecule has 1 aliphatic rings. The summed E-state index contributed by atoms with van der Waals surface area (Å²) < 4.78 is 0. The number of rotatable bonds is 1. The summed E-state index contributed by atoms with van der Waals surface area (Å²) in [5.41, 5.74) is 0.348. The van der Waals surface area contributed by atoms with Crippen molar-refractivity contribution in [2.24, 2.45) is 11.3 Å². The molecular weight excluding hydrogens is 134 g/mol. The zero-order chi connectivity index (χ0) is 8.32. The molecule has 1 saturated carbocycles. The van der Waals surface area contributed by atoms with Gasteiger partial charge in [-0.25, -0.2) is 0 Å². The first-order chi connectivity index (χ1) is 5.16. The van der Waals surface area contributed by atoms with Crippen LogP contribution in [0.2, 0.25) is 0 Å². The molecule has 1 fully saturated rings. The Kier molecular flexibility index (Phi) is 2.54. The molecule has 0 spiro atoms. The Morgan fingerprint density at radius 1 is 1.45 bits per heavy atom. The van der Waals surface area contributed by atoms with Crippen LogP contribution in [0, 0.1) is 22.7 Å². The Hall–Kier alpha value is -0.510. The lowest BCUT2D eigenvalue weighted by atomic mass is 9.71. The topological polar surface area (TPSA) is 23.8 Å². The highest BCUT2D eigenvalue weighted by molar-refractivity contribution is 4.88. The van der Waals surface area contributed by atoms with E-state index in [9.17, 15) is 0 Å². The molecule has 0 radical (unpaired) electrons. The van der Waals surface area contributed by atoms with Gasteiger partial charge in [0.2, 0.25) is 0 Å². The summed E-state index contributed by atoms with van der Waals surface area (Å²) >= 11 is 0. The fourth-order valence-corrected chi connectivity index (χ4v) is 1.83. The monoisotopic (exact) mass is 151 g/mol. The lowest BCUT2D eigenvalue weighted by molar-refractivity contribution is 0.183. The number of hydrogen-bond donors (Lipinski definition) is 0. The van der Waals surface area contributed by atoms with Crippen LogP contribution in [-0.4, -0.2) is 0 Å². The number of nitriles is 1. The minimum atomic E-state index is 0.348. The van der Waals surface area contributed by atoms with Gasteiger partial charge < -0.3 is 0 Å². The van der Waals surface area contributed by atoms with Crippen LogP contribution in [0.15, 0.2) is 0 Å². The Morgan fingerprint density at radius 3 is 2.45 bits per heavy atom. The summed E-state index contributed by atoms with van der Waals surface area (Å²) in [7, 11) is 0. The number of hydrogen-bond acceptors (Lipinski definition) is 1. The van der Waals surface area contributed by atoms with Crippen LogP contribution in [-0.2, 0) is 0 Å². The third-order valence-electron chi connectivity index (χ3n) is 2.99. The van der Waals surface area contributed by atoms with Gasteiger partial charge in [-0.15, -0.1) is 0 Å². The van der Waals surface area contributed by atoms with E-state index in [0.717, 1.165) is 12.3 Å². The highest BCUT2D eigenvalue weighted by Crippen LogP contribution is 2.40. The maximum atomic E-state index is 8.60.